The van der Waals surface area contributed by atoms with Gasteiger partial charge in [-0.25, -0.2) is 0 Å². The van der Waals surface area contributed by atoms with Gasteiger partial charge in [-0.15, -0.1) is 0 Å². The van der Waals surface area contributed by atoms with Crippen molar-refractivity contribution in [1.82, 2.24) is 9.80 Å². The number of furan rings is 1. The summed E-state index contributed by atoms with van der Waals surface area (Å²) in [7, 11) is 0. The molecular weight excluding hydrogens is 384 g/mol. The Labute approximate surface area is 166 Å². The van der Waals surface area contributed by atoms with Gasteiger partial charge < -0.3 is 14.4 Å². The molecule has 0 atom stereocenters. The van der Waals surface area contributed by atoms with Gasteiger partial charge in [0, 0.05) is 19.2 Å². The maximum atomic E-state index is 12.7. The second-order valence-corrected chi connectivity index (χ2v) is 7.48. The number of rotatable bonds is 7. The van der Waals surface area contributed by atoms with Gasteiger partial charge in [0.2, 0.25) is 5.91 Å². The molecule has 140 valence electrons. The molecular formula is C19H18N2O4S2. The second-order valence-electron chi connectivity index (χ2n) is 5.81. The van der Waals surface area contributed by atoms with Crippen LogP contribution in [0, 0.1) is 0 Å². The van der Waals surface area contributed by atoms with Gasteiger partial charge in [-0.05, 0) is 17.7 Å². The SMILES string of the molecule is O=C(CN1C(=O)/C(=C/c2ccco2)SC1=S)N(CCO)Cc1ccccc1. The number of thiocarbonyl (C=S) groups is 1. The van der Waals surface area contributed by atoms with Crippen LogP contribution >= 0.6 is 24.0 Å². The third kappa shape index (κ3) is 4.85. The lowest BCUT2D eigenvalue weighted by atomic mass is 10.2. The van der Waals surface area contributed by atoms with Crippen molar-refractivity contribution in [1.29, 1.82) is 0 Å². The number of carbonyl (C=O) groups is 2. The average molecular weight is 402 g/mol. The Morgan fingerprint density at radius 3 is 2.70 bits per heavy atom. The summed E-state index contributed by atoms with van der Waals surface area (Å²) in [5, 5.41) is 9.29. The van der Waals surface area contributed by atoms with E-state index in [9.17, 15) is 14.7 Å². The summed E-state index contributed by atoms with van der Waals surface area (Å²) in [5.41, 5.74) is 0.947. The van der Waals surface area contributed by atoms with Crippen molar-refractivity contribution >= 4 is 46.2 Å². The molecule has 0 bridgehead atoms. The lowest BCUT2D eigenvalue weighted by Gasteiger charge is -2.24. The van der Waals surface area contributed by atoms with Crippen molar-refractivity contribution in [2.45, 2.75) is 6.54 Å². The lowest BCUT2D eigenvalue weighted by Crippen LogP contribution is -2.42. The highest BCUT2D eigenvalue weighted by molar-refractivity contribution is 8.26. The fourth-order valence-electron chi connectivity index (χ4n) is 2.59. The molecule has 1 fully saturated rings. The van der Waals surface area contributed by atoms with Gasteiger partial charge in [0.1, 0.15) is 16.6 Å². The molecule has 3 rings (SSSR count). The Balaban J connectivity index is 1.69. The fourth-order valence-corrected chi connectivity index (χ4v) is 3.83. The van der Waals surface area contributed by atoms with Crippen LogP contribution in [0.15, 0.2) is 58.1 Å². The molecule has 27 heavy (non-hydrogen) atoms. The number of amides is 2. The van der Waals surface area contributed by atoms with Crippen molar-refractivity contribution in [3.8, 4) is 0 Å². The third-order valence-electron chi connectivity index (χ3n) is 3.92. The van der Waals surface area contributed by atoms with E-state index in [4.69, 9.17) is 16.6 Å². The van der Waals surface area contributed by atoms with Gasteiger partial charge in [-0.1, -0.05) is 54.3 Å². The molecule has 2 amide bonds. The molecule has 6 nitrogen and oxygen atoms in total. The minimum absolute atomic E-state index is 0.157. The molecule has 0 aliphatic carbocycles. The van der Waals surface area contributed by atoms with E-state index in [0.717, 1.165) is 17.3 Å². The zero-order valence-electron chi connectivity index (χ0n) is 14.4. The number of aliphatic hydroxyl groups excluding tert-OH is 1. The number of hydrogen-bond donors (Lipinski definition) is 1. The Hall–Kier alpha value is -2.42. The number of thioether (sulfide) groups is 1. The zero-order valence-corrected chi connectivity index (χ0v) is 16.0. The first kappa shape index (κ1) is 19.3. The number of aliphatic hydroxyl groups is 1. The van der Waals surface area contributed by atoms with E-state index in [1.807, 2.05) is 30.3 Å². The number of hydrogen-bond acceptors (Lipinski definition) is 6. The average Bonchev–Trinajstić information content (AvgIpc) is 3.26. The predicted octanol–water partition coefficient (Wildman–Crippen LogP) is 2.50. The van der Waals surface area contributed by atoms with E-state index < -0.39 is 0 Å². The van der Waals surface area contributed by atoms with Crippen LogP contribution in [0.25, 0.3) is 6.08 Å². The molecule has 0 radical (unpaired) electrons. The Morgan fingerprint density at radius 2 is 2.04 bits per heavy atom. The van der Waals surface area contributed by atoms with Crippen molar-refractivity contribution in [2.75, 3.05) is 19.7 Å². The van der Waals surface area contributed by atoms with Gasteiger partial charge in [-0.2, -0.15) is 0 Å². The highest BCUT2D eigenvalue weighted by Crippen LogP contribution is 2.32. The molecule has 0 unspecified atom stereocenters. The lowest BCUT2D eigenvalue weighted by molar-refractivity contribution is -0.136. The topological polar surface area (TPSA) is 74.0 Å². The van der Waals surface area contributed by atoms with Crippen LogP contribution in [0.3, 0.4) is 0 Å². The maximum absolute atomic E-state index is 12.7. The smallest absolute Gasteiger partial charge is 0.266 e. The van der Waals surface area contributed by atoms with E-state index >= 15 is 0 Å². The van der Waals surface area contributed by atoms with Gasteiger partial charge in [0.05, 0.1) is 17.8 Å². The fraction of sp³-hybridized carbons (Fsp3) is 0.211. The van der Waals surface area contributed by atoms with Gasteiger partial charge >= 0.3 is 0 Å². The molecule has 1 saturated heterocycles. The maximum Gasteiger partial charge on any atom is 0.266 e. The van der Waals surface area contributed by atoms with Crippen molar-refractivity contribution in [2.24, 2.45) is 0 Å². The minimum Gasteiger partial charge on any atom is -0.465 e. The van der Waals surface area contributed by atoms with Crippen LogP contribution in [0.5, 0.6) is 0 Å². The molecule has 2 aromatic rings. The van der Waals surface area contributed by atoms with Crippen molar-refractivity contribution < 1.29 is 19.1 Å². The molecule has 2 heterocycles. The Kier molecular flexibility index (Phi) is 6.44. The highest BCUT2D eigenvalue weighted by atomic mass is 32.2. The van der Waals surface area contributed by atoms with E-state index in [0.29, 0.717) is 21.5 Å². The van der Waals surface area contributed by atoms with Crippen molar-refractivity contribution in [3.05, 3.63) is 65.0 Å². The Bertz CT molecular complexity index is 850. The summed E-state index contributed by atoms with van der Waals surface area (Å²) in [6.07, 6.45) is 3.13. The third-order valence-corrected chi connectivity index (χ3v) is 5.30. The first-order chi connectivity index (χ1) is 13.1. The molecule has 1 aliphatic heterocycles. The summed E-state index contributed by atoms with van der Waals surface area (Å²) in [4.78, 5) is 28.5. The summed E-state index contributed by atoms with van der Waals surface area (Å²) in [6, 6.07) is 12.9. The molecule has 1 N–H and O–H groups in total. The highest BCUT2D eigenvalue weighted by Gasteiger charge is 2.34. The molecule has 0 spiro atoms. The van der Waals surface area contributed by atoms with Crippen LogP contribution in [0.4, 0.5) is 0 Å². The number of benzene rings is 1. The Morgan fingerprint density at radius 1 is 1.26 bits per heavy atom. The summed E-state index contributed by atoms with van der Waals surface area (Å²) in [6.45, 7) is 0.227. The first-order valence-electron chi connectivity index (χ1n) is 8.30. The normalized spacial score (nSPS) is 15.6. The molecule has 1 aliphatic rings. The van der Waals surface area contributed by atoms with Gasteiger partial charge in [-0.3, -0.25) is 14.5 Å². The molecule has 1 aromatic heterocycles. The summed E-state index contributed by atoms with van der Waals surface area (Å²) in [5.74, 6) is -0.0466. The minimum atomic E-state index is -0.321. The van der Waals surface area contributed by atoms with Gasteiger partial charge in [0.25, 0.3) is 5.91 Å². The van der Waals surface area contributed by atoms with Gasteiger partial charge in [0.15, 0.2) is 0 Å². The van der Waals surface area contributed by atoms with Crippen molar-refractivity contribution in [3.63, 3.8) is 0 Å². The summed E-state index contributed by atoms with van der Waals surface area (Å²) >= 11 is 6.41. The molecule has 0 saturated carbocycles. The first-order valence-corrected chi connectivity index (χ1v) is 9.52. The number of carbonyl (C=O) groups excluding carboxylic acids is 2. The standard InChI is InChI=1S/C19H18N2O4S2/c22-9-8-20(12-14-5-2-1-3-6-14)17(23)13-21-18(24)16(27-19(21)26)11-15-7-4-10-25-15/h1-7,10-11,22H,8-9,12-13H2/b16-11-. The predicted molar refractivity (Wildman–Crippen MR) is 108 cm³/mol. The van der Waals surface area contributed by atoms with Crippen LogP contribution in [-0.2, 0) is 16.1 Å². The van der Waals surface area contributed by atoms with Crippen LogP contribution < -0.4 is 0 Å². The van der Waals surface area contributed by atoms with Crippen LogP contribution in [-0.4, -0.2) is 50.7 Å². The van der Waals surface area contributed by atoms with E-state index in [-0.39, 0.29) is 31.5 Å². The van der Waals surface area contributed by atoms with E-state index in [1.54, 1.807) is 18.2 Å². The molecule has 1 aromatic carbocycles. The van der Waals surface area contributed by atoms with Crippen LogP contribution in [0.1, 0.15) is 11.3 Å². The quantitative estimate of drug-likeness (QED) is 0.567. The largest absolute Gasteiger partial charge is 0.465 e. The second kappa shape index (κ2) is 8.98. The number of nitrogens with zero attached hydrogens (tertiary/aromatic N) is 2. The molecule has 8 heteroatoms. The van der Waals surface area contributed by atoms with E-state index in [1.165, 1.54) is 16.1 Å². The summed E-state index contributed by atoms with van der Waals surface area (Å²) < 4.78 is 5.55. The zero-order chi connectivity index (χ0) is 19.2. The van der Waals surface area contributed by atoms with Crippen LogP contribution in [0.2, 0.25) is 0 Å². The van der Waals surface area contributed by atoms with E-state index in [2.05, 4.69) is 0 Å². The monoisotopic (exact) mass is 402 g/mol.